The zero-order chi connectivity index (χ0) is 13.7. The second-order valence-electron chi connectivity index (χ2n) is 4.63. The summed E-state index contributed by atoms with van der Waals surface area (Å²) in [6, 6.07) is 15.3. The molecule has 1 nitrogen and oxygen atoms in total. The standard InChI is InChI=1S/C16H17ClFN/c1-12(13-6-3-2-4-7-13)10-11-19-15-9-5-8-14(17)16(15)18/h2-9,12,19H,10-11H2,1H3. The third-order valence-electron chi connectivity index (χ3n) is 3.21. The van der Waals surface area contributed by atoms with Crippen molar-refractivity contribution >= 4 is 17.3 Å². The van der Waals surface area contributed by atoms with E-state index in [0.29, 0.717) is 18.2 Å². The molecule has 0 aliphatic heterocycles. The average Bonchev–Trinajstić information content (AvgIpc) is 2.44. The van der Waals surface area contributed by atoms with Crippen molar-refractivity contribution in [3.05, 3.63) is 64.9 Å². The van der Waals surface area contributed by atoms with Crippen LogP contribution in [-0.2, 0) is 0 Å². The van der Waals surface area contributed by atoms with Gasteiger partial charge in [-0.05, 0) is 30.0 Å². The van der Waals surface area contributed by atoms with Crippen LogP contribution in [0.15, 0.2) is 48.5 Å². The van der Waals surface area contributed by atoms with Crippen LogP contribution in [0.2, 0.25) is 5.02 Å². The highest BCUT2D eigenvalue weighted by Gasteiger charge is 2.07. The molecule has 0 saturated carbocycles. The summed E-state index contributed by atoms with van der Waals surface area (Å²) in [5.74, 6) is 0.0625. The van der Waals surface area contributed by atoms with Crippen molar-refractivity contribution < 1.29 is 4.39 Å². The molecular formula is C16H17ClFN. The molecule has 0 saturated heterocycles. The third-order valence-corrected chi connectivity index (χ3v) is 3.50. The molecule has 0 fully saturated rings. The first-order valence-corrected chi connectivity index (χ1v) is 6.79. The van der Waals surface area contributed by atoms with Crippen molar-refractivity contribution in [3.8, 4) is 0 Å². The van der Waals surface area contributed by atoms with E-state index in [9.17, 15) is 4.39 Å². The van der Waals surface area contributed by atoms with Crippen LogP contribution >= 0.6 is 11.6 Å². The summed E-state index contributed by atoms with van der Waals surface area (Å²) in [7, 11) is 0. The van der Waals surface area contributed by atoms with Crippen LogP contribution in [0.3, 0.4) is 0 Å². The Hall–Kier alpha value is -1.54. The van der Waals surface area contributed by atoms with Crippen LogP contribution in [0.5, 0.6) is 0 Å². The zero-order valence-electron chi connectivity index (χ0n) is 10.9. The molecule has 0 aliphatic rings. The number of benzene rings is 2. The van der Waals surface area contributed by atoms with Crippen molar-refractivity contribution in [1.82, 2.24) is 0 Å². The van der Waals surface area contributed by atoms with Crippen LogP contribution in [-0.4, -0.2) is 6.54 Å². The summed E-state index contributed by atoms with van der Waals surface area (Å²) in [5, 5.41) is 3.25. The van der Waals surface area contributed by atoms with E-state index in [-0.39, 0.29) is 10.8 Å². The predicted molar refractivity (Wildman–Crippen MR) is 79.4 cm³/mol. The topological polar surface area (TPSA) is 12.0 Å². The summed E-state index contributed by atoms with van der Waals surface area (Å²) >= 11 is 5.74. The fourth-order valence-electron chi connectivity index (χ4n) is 2.01. The lowest BCUT2D eigenvalue weighted by molar-refractivity contribution is 0.628. The van der Waals surface area contributed by atoms with Gasteiger partial charge in [0.25, 0.3) is 0 Å². The van der Waals surface area contributed by atoms with Crippen LogP contribution in [0.4, 0.5) is 10.1 Å². The monoisotopic (exact) mass is 277 g/mol. The van der Waals surface area contributed by atoms with E-state index in [1.807, 2.05) is 18.2 Å². The van der Waals surface area contributed by atoms with Gasteiger partial charge in [0.15, 0.2) is 5.82 Å². The highest BCUT2D eigenvalue weighted by atomic mass is 35.5. The van der Waals surface area contributed by atoms with E-state index in [1.165, 1.54) is 5.56 Å². The van der Waals surface area contributed by atoms with E-state index >= 15 is 0 Å². The molecule has 1 unspecified atom stereocenters. The van der Waals surface area contributed by atoms with Gasteiger partial charge in [-0.1, -0.05) is 54.9 Å². The first-order chi connectivity index (χ1) is 9.18. The Bertz CT molecular complexity index is 528. The Morgan fingerprint density at radius 1 is 1.11 bits per heavy atom. The minimum absolute atomic E-state index is 0.154. The SMILES string of the molecule is CC(CCNc1cccc(Cl)c1F)c1ccccc1. The molecule has 2 aromatic rings. The molecule has 0 aromatic heterocycles. The first kappa shape index (κ1) is 13.9. The Kier molecular flexibility index (Phi) is 4.80. The summed E-state index contributed by atoms with van der Waals surface area (Å²) in [5.41, 5.74) is 1.77. The van der Waals surface area contributed by atoms with E-state index in [2.05, 4.69) is 24.4 Å². The van der Waals surface area contributed by atoms with Crippen LogP contribution < -0.4 is 5.32 Å². The largest absolute Gasteiger partial charge is 0.383 e. The molecule has 100 valence electrons. The quantitative estimate of drug-likeness (QED) is 0.803. The maximum Gasteiger partial charge on any atom is 0.164 e. The smallest absolute Gasteiger partial charge is 0.164 e. The Labute approximate surface area is 118 Å². The van der Waals surface area contributed by atoms with Crippen molar-refractivity contribution in [2.45, 2.75) is 19.3 Å². The van der Waals surface area contributed by atoms with Gasteiger partial charge in [-0.15, -0.1) is 0 Å². The lowest BCUT2D eigenvalue weighted by Gasteiger charge is -2.13. The van der Waals surface area contributed by atoms with Gasteiger partial charge in [-0.2, -0.15) is 0 Å². The maximum absolute atomic E-state index is 13.7. The molecule has 0 radical (unpaired) electrons. The minimum atomic E-state index is -0.378. The summed E-state index contributed by atoms with van der Waals surface area (Å²) < 4.78 is 13.7. The second kappa shape index (κ2) is 6.58. The summed E-state index contributed by atoms with van der Waals surface area (Å²) in [6.45, 7) is 2.89. The minimum Gasteiger partial charge on any atom is -0.383 e. The van der Waals surface area contributed by atoms with Gasteiger partial charge in [0.2, 0.25) is 0 Å². The molecular weight excluding hydrogens is 261 g/mol. The van der Waals surface area contributed by atoms with Gasteiger partial charge in [-0.25, -0.2) is 4.39 Å². The van der Waals surface area contributed by atoms with Crippen molar-refractivity contribution in [1.29, 1.82) is 0 Å². The highest BCUT2D eigenvalue weighted by molar-refractivity contribution is 6.31. The molecule has 0 aliphatic carbocycles. The van der Waals surface area contributed by atoms with Gasteiger partial charge in [0.1, 0.15) is 0 Å². The fourth-order valence-corrected chi connectivity index (χ4v) is 2.19. The number of rotatable bonds is 5. The Balaban J connectivity index is 1.88. The van der Waals surface area contributed by atoms with Crippen molar-refractivity contribution in [3.63, 3.8) is 0 Å². The highest BCUT2D eigenvalue weighted by Crippen LogP contribution is 2.23. The molecule has 3 heteroatoms. The van der Waals surface area contributed by atoms with E-state index in [0.717, 1.165) is 6.42 Å². The van der Waals surface area contributed by atoms with E-state index in [1.54, 1.807) is 18.2 Å². The van der Waals surface area contributed by atoms with Crippen LogP contribution in [0, 0.1) is 5.82 Å². The van der Waals surface area contributed by atoms with Gasteiger partial charge in [0.05, 0.1) is 10.7 Å². The summed E-state index contributed by atoms with van der Waals surface area (Å²) in [6.07, 6.45) is 0.940. The number of halogens is 2. The lowest BCUT2D eigenvalue weighted by atomic mass is 9.98. The third kappa shape index (κ3) is 3.71. The molecule has 0 spiro atoms. The van der Waals surface area contributed by atoms with Gasteiger partial charge < -0.3 is 5.32 Å². The summed E-state index contributed by atoms with van der Waals surface area (Å²) in [4.78, 5) is 0. The molecule has 1 atom stereocenters. The molecule has 0 bridgehead atoms. The second-order valence-corrected chi connectivity index (χ2v) is 5.04. The molecule has 2 aromatic carbocycles. The van der Waals surface area contributed by atoms with E-state index < -0.39 is 0 Å². The Morgan fingerprint density at radius 2 is 1.84 bits per heavy atom. The average molecular weight is 278 g/mol. The molecule has 2 rings (SSSR count). The first-order valence-electron chi connectivity index (χ1n) is 6.41. The lowest BCUT2D eigenvalue weighted by Crippen LogP contribution is -2.07. The molecule has 0 amide bonds. The van der Waals surface area contributed by atoms with Crippen LogP contribution in [0.1, 0.15) is 24.8 Å². The van der Waals surface area contributed by atoms with Crippen LogP contribution in [0.25, 0.3) is 0 Å². The number of anilines is 1. The molecule has 19 heavy (non-hydrogen) atoms. The molecule has 0 heterocycles. The van der Waals surface area contributed by atoms with Gasteiger partial charge >= 0.3 is 0 Å². The number of hydrogen-bond donors (Lipinski definition) is 1. The van der Waals surface area contributed by atoms with Gasteiger partial charge in [-0.3, -0.25) is 0 Å². The fraction of sp³-hybridized carbons (Fsp3) is 0.250. The number of nitrogens with one attached hydrogen (secondary N) is 1. The van der Waals surface area contributed by atoms with Gasteiger partial charge in [0, 0.05) is 6.54 Å². The normalized spacial score (nSPS) is 12.2. The number of hydrogen-bond acceptors (Lipinski definition) is 1. The van der Waals surface area contributed by atoms with Crippen molar-refractivity contribution in [2.75, 3.05) is 11.9 Å². The Morgan fingerprint density at radius 3 is 2.58 bits per heavy atom. The van der Waals surface area contributed by atoms with Crippen molar-refractivity contribution in [2.24, 2.45) is 0 Å². The maximum atomic E-state index is 13.7. The van der Waals surface area contributed by atoms with E-state index in [4.69, 9.17) is 11.6 Å². The zero-order valence-corrected chi connectivity index (χ0v) is 11.6. The predicted octanol–water partition coefficient (Wildman–Crippen LogP) is 5.08. The molecule has 1 N–H and O–H groups in total.